The maximum absolute atomic E-state index is 12.7. The van der Waals surface area contributed by atoms with E-state index in [1.165, 1.54) is 6.42 Å². The molecule has 3 rings (SSSR count). The molecular formula is C23H28N2O3. The van der Waals surface area contributed by atoms with Gasteiger partial charge in [-0.2, -0.15) is 0 Å². The molecule has 0 unspecified atom stereocenters. The van der Waals surface area contributed by atoms with Gasteiger partial charge in [0.1, 0.15) is 5.75 Å². The molecule has 0 saturated carbocycles. The molecule has 2 aromatic carbocycles. The van der Waals surface area contributed by atoms with Crippen LogP contribution in [0.5, 0.6) is 5.75 Å². The molecule has 0 radical (unpaired) electrons. The Hall–Kier alpha value is -2.82. The molecule has 0 spiro atoms. The molecule has 0 atom stereocenters. The highest BCUT2D eigenvalue weighted by Crippen LogP contribution is 2.16. The van der Waals surface area contributed by atoms with Crippen molar-refractivity contribution < 1.29 is 14.3 Å². The highest BCUT2D eigenvalue weighted by molar-refractivity contribution is 5.95. The summed E-state index contributed by atoms with van der Waals surface area (Å²) >= 11 is 0. The average molecular weight is 380 g/mol. The monoisotopic (exact) mass is 380 g/mol. The van der Waals surface area contributed by atoms with Crippen LogP contribution in [0.3, 0.4) is 0 Å². The number of carbonyl (C=O) groups excluding carboxylic acids is 2. The van der Waals surface area contributed by atoms with E-state index in [1.807, 2.05) is 48.2 Å². The number of likely N-dealkylation sites (tertiary alicyclic amines) is 1. The average Bonchev–Trinajstić information content (AvgIpc) is 2.76. The Kier molecular flexibility index (Phi) is 7.06. The molecule has 1 aliphatic rings. The lowest BCUT2D eigenvalue weighted by atomic mass is 10.1. The number of ether oxygens (including phenoxy) is 1. The number of nitrogens with zero attached hydrogens (tertiary/aromatic N) is 1. The normalized spacial score (nSPS) is 13.8. The van der Waals surface area contributed by atoms with Crippen molar-refractivity contribution in [1.29, 1.82) is 0 Å². The smallest absolute Gasteiger partial charge is 0.253 e. The van der Waals surface area contributed by atoms with E-state index < -0.39 is 0 Å². The molecule has 0 aromatic heterocycles. The van der Waals surface area contributed by atoms with E-state index in [9.17, 15) is 9.59 Å². The van der Waals surface area contributed by atoms with Gasteiger partial charge in [0.25, 0.3) is 11.8 Å². The maximum Gasteiger partial charge on any atom is 0.253 e. The van der Waals surface area contributed by atoms with Crippen molar-refractivity contribution >= 4 is 11.8 Å². The summed E-state index contributed by atoms with van der Waals surface area (Å²) in [5.41, 5.74) is 2.16. The molecule has 2 amide bonds. The summed E-state index contributed by atoms with van der Waals surface area (Å²) < 4.78 is 5.59. The van der Waals surface area contributed by atoms with Crippen LogP contribution in [-0.4, -0.2) is 36.4 Å². The quantitative estimate of drug-likeness (QED) is 0.789. The van der Waals surface area contributed by atoms with Gasteiger partial charge in [0.15, 0.2) is 0 Å². The van der Waals surface area contributed by atoms with Gasteiger partial charge in [0, 0.05) is 30.8 Å². The molecular weight excluding hydrogens is 352 g/mol. The molecule has 1 saturated heterocycles. The molecule has 5 heteroatoms. The van der Waals surface area contributed by atoms with E-state index in [4.69, 9.17) is 4.74 Å². The number of hydrogen-bond donors (Lipinski definition) is 1. The second kappa shape index (κ2) is 9.93. The van der Waals surface area contributed by atoms with Gasteiger partial charge in [-0.25, -0.2) is 0 Å². The minimum Gasteiger partial charge on any atom is -0.494 e. The lowest BCUT2D eigenvalue weighted by molar-refractivity contribution is 0.0724. The summed E-state index contributed by atoms with van der Waals surface area (Å²) in [7, 11) is 0. The predicted octanol–water partition coefficient (Wildman–Crippen LogP) is 4.03. The van der Waals surface area contributed by atoms with Crippen LogP contribution < -0.4 is 10.1 Å². The van der Waals surface area contributed by atoms with E-state index in [2.05, 4.69) is 5.32 Å². The zero-order valence-electron chi connectivity index (χ0n) is 16.4. The fourth-order valence-electron chi connectivity index (χ4n) is 3.33. The largest absolute Gasteiger partial charge is 0.494 e. The third-order valence-corrected chi connectivity index (χ3v) is 4.84. The zero-order chi connectivity index (χ0) is 19.8. The zero-order valence-corrected chi connectivity index (χ0v) is 16.4. The first-order valence-corrected chi connectivity index (χ1v) is 10.1. The summed E-state index contributed by atoms with van der Waals surface area (Å²) in [5, 5.41) is 2.92. The minimum absolute atomic E-state index is 0.0775. The second-order valence-corrected chi connectivity index (χ2v) is 7.11. The van der Waals surface area contributed by atoms with Gasteiger partial charge in [0.2, 0.25) is 0 Å². The van der Waals surface area contributed by atoms with E-state index in [0.29, 0.717) is 30.0 Å². The fraction of sp³-hybridized carbons (Fsp3) is 0.391. The van der Waals surface area contributed by atoms with Crippen LogP contribution in [0.2, 0.25) is 0 Å². The van der Waals surface area contributed by atoms with Gasteiger partial charge in [-0.15, -0.1) is 0 Å². The van der Waals surface area contributed by atoms with E-state index in [-0.39, 0.29) is 11.8 Å². The third kappa shape index (κ3) is 5.35. The van der Waals surface area contributed by atoms with E-state index in [1.54, 1.807) is 12.1 Å². The van der Waals surface area contributed by atoms with Crippen LogP contribution in [0.15, 0.2) is 48.5 Å². The number of nitrogens with one attached hydrogen (secondary N) is 1. The number of benzene rings is 2. The Balaban J connectivity index is 1.60. The van der Waals surface area contributed by atoms with Crippen LogP contribution in [-0.2, 0) is 6.54 Å². The van der Waals surface area contributed by atoms with Crippen molar-refractivity contribution in [1.82, 2.24) is 10.2 Å². The van der Waals surface area contributed by atoms with Crippen molar-refractivity contribution in [2.24, 2.45) is 0 Å². The number of hydrogen-bond acceptors (Lipinski definition) is 3. The fourth-order valence-corrected chi connectivity index (χ4v) is 3.33. The molecule has 28 heavy (non-hydrogen) atoms. The molecule has 0 bridgehead atoms. The number of rotatable bonds is 7. The Bertz CT molecular complexity index is 813. The first-order valence-electron chi connectivity index (χ1n) is 10.1. The van der Waals surface area contributed by atoms with Crippen molar-refractivity contribution in [3.63, 3.8) is 0 Å². The standard InChI is InChI=1S/C23H28N2O3/c1-2-14-28-21-11-7-9-19(16-21)22(26)24-17-18-8-6-10-20(15-18)23(27)25-12-4-3-5-13-25/h6-11,15-16H,2-5,12-14,17H2,1H3,(H,24,26). The Morgan fingerprint density at radius 2 is 1.75 bits per heavy atom. The van der Waals surface area contributed by atoms with Crippen LogP contribution in [0, 0.1) is 0 Å². The highest BCUT2D eigenvalue weighted by atomic mass is 16.5. The van der Waals surface area contributed by atoms with Gasteiger partial charge in [-0.1, -0.05) is 25.1 Å². The topological polar surface area (TPSA) is 58.6 Å². The minimum atomic E-state index is -0.158. The SMILES string of the molecule is CCCOc1cccc(C(=O)NCc2cccc(C(=O)N3CCCCC3)c2)c1. The first kappa shape index (κ1) is 19.9. The van der Waals surface area contributed by atoms with E-state index in [0.717, 1.165) is 37.9 Å². The van der Waals surface area contributed by atoms with Crippen molar-refractivity contribution in [2.45, 2.75) is 39.2 Å². The Morgan fingerprint density at radius 3 is 2.54 bits per heavy atom. The van der Waals surface area contributed by atoms with Gasteiger partial charge >= 0.3 is 0 Å². The molecule has 1 aliphatic heterocycles. The van der Waals surface area contributed by atoms with Crippen molar-refractivity contribution in [3.8, 4) is 5.75 Å². The number of amides is 2. The lowest BCUT2D eigenvalue weighted by Gasteiger charge is -2.26. The molecule has 5 nitrogen and oxygen atoms in total. The highest BCUT2D eigenvalue weighted by Gasteiger charge is 2.18. The summed E-state index contributed by atoms with van der Waals surface area (Å²) in [6, 6.07) is 14.7. The Morgan fingerprint density at radius 1 is 1.00 bits per heavy atom. The van der Waals surface area contributed by atoms with Gasteiger partial charge in [0.05, 0.1) is 6.61 Å². The predicted molar refractivity (Wildman–Crippen MR) is 110 cm³/mol. The molecule has 1 heterocycles. The molecule has 1 fully saturated rings. The number of carbonyl (C=O) groups is 2. The molecule has 148 valence electrons. The molecule has 0 aliphatic carbocycles. The molecule has 1 N–H and O–H groups in total. The van der Waals surface area contributed by atoms with Gasteiger partial charge in [-0.3, -0.25) is 9.59 Å². The van der Waals surface area contributed by atoms with E-state index >= 15 is 0 Å². The van der Waals surface area contributed by atoms with Crippen molar-refractivity contribution in [2.75, 3.05) is 19.7 Å². The van der Waals surface area contributed by atoms with Crippen LogP contribution >= 0.6 is 0 Å². The van der Waals surface area contributed by atoms with Gasteiger partial charge in [-0.05, 0) is 61.6 Å². The first-order chi connectivity index (χ1) is 13.7. The maximum atomic E-state index is 12.7. The van der Waals surface area contributed by atoms with Crippen LogP contribution in [0.4, 0.5) is 0 Å². The Labute approximate surface area is 166 Å². The van der Waals surface area contributed by atoms with Crippen LogP contribution in [0.25, 0.3) is 0 Å². The summed E-state index contributed by atoms with van der Waals surface area (Å²) in [6.07, 6.45) is 4.26. The molecule has 2 aromatic rings. The van der Waals surface area contributed by atoms with Gasteiger partial charge < -0.3 is 15.0 Å². The summed E-state index contributed by atoms with van der Waals surface area (Å²) in [6.45, 7) is 4.70. The lowest BCUT2D eigenvalue weighted by Crippen LogP contribution is -2.35. The summed E-state index contributed by atoms with van der Waals surface area (Å²) in [4.78, 5) is 27.0. The third-order valence-electron chi connectivity index (χ3n) is 4.84. The van der Waals surface area contributed by atoms with Crippen molar-refractivity contribution in [3.05, 3.63) is 65.2 Å². The van der Waals surface area contributed by atoms with Crippen LogP contribution in [0.1, 0.15) is 58.9 Å². The summed E-state index contributed by atoms with van der Waals surface area (Å²) in [5.74, 6) is 0.618. The number of piperidine rings is 1. The second-order valence-electron chi connectivity index (χ2n) is 7.11.